The van der Waals surface area contributed by atoms with Crippen LogP contribution >= 0.6 is 11.6 Å². The predicted molar refractivity (Wildman–Crippen MR) is 73.3 cm³/mol. The lowest BCUT2D eigenvalue weighted by Crippen LogP contribution is -1.91. The zero-order valence-corrected chi connectivity index (χ0v) is 11.1. The number of ether oxygens (including phenoxy) is 1. The summed E-state index contributed by atoms with van der Waals surface area (Å²) in [7, 11) is 0. The second-order valence-corrected chi connectivity index (χ2v) is 4.69. The van der Waals surface area contributed by atoms with Gasteiger partial charge >= 0.3 is 0 Å². The quantitative estimate of drug-likeness (QED) is 0.883. The number of hydrogen-bond donors (Lipinski definition) is 1. The number of hydrogen-bond acceptors (Lipinski definition) is 2. The molecule has 0 bridgehead atoms. The smallest absolute Gasteiger partial charge is 0.130 e. The first-order chi connectivity index (χ1) is 8.56. The lowest BCUT2D eigenvalue weighted by atomic mass is 10.1. The molecule has 2 rings (SSSR count). The Balaban J connectivity index is 2.18. The molecular weight excluding hydrogens is 248 g/mol. The highest BCUT2D eigenvalue weighted by atomic mass is 35.5. The van der Waals surface area contributed by atoms with Crippen LogP contribution in [0.5, 0.6) is 11.5 Å². The minimum Gasteiger partial charge on any atom is -0.457 e. The Hall–Kier alpha value is -1.51. The topological polar surface area (TPSA) is 29.5 Å². The fourth-order valence-electron chi connectivity index (χ4n) is 1.67. The molecule has 0 unspecified atom stereocenters. The monoisotopic (exact) mass is 262 g/mol. The van der Waals surface area contributed by atoms with Gasteiger partial charge in [0.2, 0.25) is 0 Å². The van der Waals surface area contributed by atoms with Crippen LogP contribution in [0.3, 0.4) is 0 Å². The van der Waals surface area contributed by atoms with Gasteiger partial charge in [0.05, 0.1) is 6.10 Å². The van der Waals surface area contributed by atoms with Crippen LogP contribution in [0.2, 0.25) is 5.02 Å². The van der Waals surface area contributed by atoms with Gasteiger partial charge in [-0.3, -0.25) is 0 Å². The number of halogens is 1. The molecule has 1 atom stereocenters. The Labute approximate surface area is 112 Å². The molecule has 0 radical (unpaired) electrons. The summed E-state index contributed by atoms with van der Waals surface area (Å²) >= 11 is 5.89. The van der Waals surface area contributed by atoms with Gasteiger partial charge in [-0.1, -0.05) is 23.7 Å². The van der Waals surface area contributed by atoms with Gasteiger partial charge in [-0.15, -0.1) is 0 Å². The molecule has 0 aromatic heterocycles. The summed E-state index contributed by atoms with van der Waals surface area (Å²) in [4.78, 5) is 0. The van der Waals surface area contributed by atoms with E-state index in [4.69, 9.17) is 16.3 Å². The Morgan fingerprint density at radius 3 is 2.33 bits per heavy atom. The molecule has 94 valence electrons. The minimum absolute atomic E-state index is 0.462. The maximum absolute atomic E-state index is 9.42. The molecule has 0 aliphatic carbocycles. The van der Waals surface area contributed by atoms with Crippen molar-refractivity contribution in [3.8, 4) is 11.5 Å². The number of aliphatic hydroxyl groups excluding tert-OH is 1. The van der Waals surface area contributed by atoms with Crippen molar-refractivity contribution >= 4 is 11.6 Å². The Kier molecular flexibility index (Phi) is 3.90. The van der Waals surface area contributed by atoms with Crippen molar-refractivity contribution in [2.45, 2.75) is 20.0 Å². The third-order valence-corrected chi connectivity index (χ3v) is 2.96. The van der Waals surface area contributed by atoms with Crippen LogP contribution in [0.1, 0.15) is 24.2 Å². The van der Waals surface area contributed by atoms with Crippen LogP contribution in [0, 0.1) is 6.92 Å². The van der Waals surface area contributed by atoms with Gasteiger partial charge in [-0.25, -0.2) is 0 Å². The van der Waals surface area contributed by atoms with Crippen molar-refractivity contribution in [1.82, 2.24) is 0 Å². The lowest BCUT2D eigenvalue weighted by molar-refractivity contribution is 0.199. The molecule has 1 N–H and O–H groups in total. The summed E-state index contributed by atoms with van der Waals surface area (Å²) in [5, 5.41) is 10.1. The number of aliphatic hydroxyl groups is 1. The summed E-state index contributed by atoms with van der Waals surface area (Å²) in [6.45, 7) is 3.69. The maximum Gasteiger partial charge on any atom is 0.130 e. The third kappa shape index (κ3) is 3.03. The SMILES string of the molecule is Cc1cc(Cl)ccc1Oc1ccc([C@@H](C)O)cc1. The molecule has 0 fully saturated rings. The zero-order chi connectivity index (χ0) is 13.1. The van der Waals surface area contributed by atoms with Gasteiger partial charge < -0.3 is 9.84 Å². The van der Waals surface area contributed by atoms with Crippen LogP contribution in [0.4, 0.5) is 0 Å². The van der Waals surface area contributed by atoms with E-state index in [1.165, 1.54) is 0 Å². The Morgan fingerprint density at radius 1 is 1.11 bits per heavy atom. The highest BCUT2D eigenvalue weighted by molar-refractivity contribution is 6.30. The second-order valence-electron chi connectivity index (χ2n) is 4.26. The van der Waals surface area contributed by atoms with Crippen molar-refractivity contribution in [2.24, 2.45) is 0 Å². The fraction of sp³-hybridized carbons (Fsp3) is 0.200. The molecule has 2 aromatic carbocycles. The van der Waals surface area contributed by atoms with E-state index in [-0.39, 0.29) is 0 Å². The maximum atomic E-state index is 9.42. The molecule has 3 heteroatoms. The van der Waals surface area contributed by atoms with Crippen molar-refractivity contribution < 1.29 is 9.84 Å². The predicted octanol–water partition coefficient (Wildman–Crippen LogP) is 4.49. The van der Waals surface area contributed by atoms with Gasteiger partial charge in [-0.2, -0.15) is 0 Å². The summed E-state index contributed by atoms with van der Waals surface area (Å²) in [5.74, 6) is 1.52. The summed E-state index contributed by atoms with van der Waals surface area (Å²) in [6.07, 6.45) is -0.462. The molecule has 18 heavy (non-hydrogen) atoms. The number of aryl methyl sites for hydroxylation is 1. The molecule has 2 aromatic rings. The van der Waals surface area contributed by atoms with Gasteiger partial charge in [0.15, 0.2) is 0 Å². The molecular formula is C15H15ClO2. The molecule has 0 spiro atoms. The zero-order valence-electron chi connectivity index (χ0n) is 10.4. The molecule has 0 aliphatic rings. The number of benzene rings is 2. The standard InChI is InChI=1S/C15H15ClO2/c1-10-9-13(16)5-8-15(10)18-14-6-3-12(4-7-14)11(2)17/h3-9,11,17H,1-2H3/t11-/m1/s1. The first-order valence-corrected chi connectivity index (χ1v) is 6.16. The van der Waals surface area contributed by atoms with E-state index in [1.807, 2.05) is 43.3 Å². The third-order valence-electron chi connectivity index (χ3n) is 2.73. The average Bonchev–Trinajstić information content (AvgIpc) is 2.33. The van der Waals surface area contributed by atoms with Crippen molar-refractivity contribution in [1.29, 1.82) is 0 Å². The first kappa shape index (κ1) is 12.9. The van der Waals surface area contributed by atoms with Gasteiger partial charge in [0.25, 0.3) is 0 Å². The highest BCUT2D eigenvalue weighted by Gasteiger charge is 2.04. The molecule has 0 amide bonds. The Bertz CT molecular complexity index is 533. The van der Waals surface area contributed by atoms with Crippen LogP contribution in [0.15, 0.2) is 42.5 Å². The molecule has 0 aliphatic heterocycles. The highest BCUT2D eigenvalue weighted by Crippen LogP contribution is 2.28. The van der Waals surface area contributed by atoms with Crippen LogP contribution < -0.4 is 4.74 Å². The van der Waals surface area contributed by atoms with E-state index in [0.717, 1.165) is 22.6 Å². The largest absolute Gasteiger partial charge is 0.457 e. The van der Waals surface area contributed by atoms with E-state index >= 15 is 0 Å². The second kappa shape index (κ2) is 5.42. The first-order valence-electron chi connectivity index (χ1n) is 5.78. The van der Waals surface area contributed by atoms with E-state index < -0.39 is 6.10 Å². The van der Waals surface area contributed by atoms with Crippen molar-refractivity contribution in [3.05, 3.63) is 58.6 Å². The van der Waals surface area contributed by atoms with Gasteiger partial charge in [0.1, 0.15) is 11.5 Å². The van der Waals surface area contributed by atoms with E-state index in [0.29, 0.717) is 5.02 Å². The normalized spacial score (nSPS) is 12.2. The van der Waals surface area contributed by atoms with Crippen LogP contribution in [-0.4, -0.2) is 5.11 Å². The van der Waals surface area contributed by atoms with E-state index in [1.54, 1.807) is 13.0 Å². The molecule has 0 saturated heterocycles. The molecule has 0 saturated carbocycles. The van der Waals surface area contributed by atoms with E-state index in [9.17, 15) is 5.11 Å². The summed E-state index contributed by atoms with van der Waals surface area (Å²) in [6, 6.07) is 12.9. The van der Waals surface area contributed by atoms with Crippen LogP contribution in [-0.2, 0) is 0 Å². The van der Waals surface area contributed by atoms with Crippen LogP contribution in [0.25, 0.3) is 0 Å². The van der Waals surface area contributed by atoms with Crippen molar-refractivity contribution in [2.75, 3.05) is 0 Å². The fourth-order valence-corrected chi connectivity index (χ4v) is 1.90. The van der Waals surface area contributed by atoms with Gasteiger partial charge in [0, 0.05) is 5.02 Å². The lowest BCUT2D eigenvalue weighted by Gasteiger charge is -2.10. The summed E-state index contributed by atoms with van der Waals surface area (Å²) in [5.41, 5.74) is 1.86. The number of rotatable bonds is 3. The molecule has 0 heterocycles. The Morgan fingerprint density at radius 2 is 1.78 bits per heavy atom. The minimum atomic E-state index is -0.462. The van der Waals surface area contributed by atoms with Crippen molar-refractivity contribution in [3.63, 3.8) is 0 Å². The van der Waals surface area contributed by atoms with E-state index in [2.05, 4.69) is 0 Å². The average molecular weight is 263 g/mol. The molecule has 2 nitrogen and oxygen atoms in total. The summed E-state index contributed by atoms with van der Waals surface area (Å²) < 4.78 is 5.76. The van der Waals surface area contributed by atoms with Gasteiger partial charge in [-0.05, 0) is 55.3 Å².